The van der Waals surface area contributed by atoms with Crippen LogP contribution in [0, 0.1) is 0 Å². The first-order valence-electron chi connectivity index (χ1n) is 10.2. The number of aromatic amines is 1. The first-order valence-corrected chi connectivity index (χ1v) is 10.2. The van der Waals surface area contributed by atoms with E-state index in [0.29, 0.717) is 30.9 Å². The molecule has 3 heterocycles. The number of aromatic nitrogens is 4. The number of fused-ring (bicyclic) bond motifs is 1. The summed E-state index contributed by atoms with van der Waals surface area (Å²) in [6.45, 7) is 2.89. The Morgan fingerprint density at radius 1 is 1.15 bits per heavy atom. The van der Waals surface area contributed by atoms with Crippen LogP contribution < -0.4 is 10.2 Å². The van der Waals surface area contributed by atoms with Crippen molar-refractivity contribution in [3.8, 4) is 0 Å². The molecule has 2 aliphatic rings. The van der Waals surface area contributed by atoms with Gasteiger partial charge in [-0.1, -0.05) is 19.3 Å². The molecule has 1 saturated carbocycles. The highest BCUT2D eigenvalue weighted by Crippen LogP contribution is 2.23. The number of hydrogen-bond acceptors (Lipinski definition) is 7. The van der Waals surface area contributed by atoms with Gasteiger partial charge in [-0.05, 0) is 25.7 Å². The molecule has 2 aromatic heterocycles. The number of ether oxygens (including phenoxy) is 1. The average molecular weight is 374 g/mol. The summed E-state index contributed by atoms with van der Waals surface area (Å²) in [5, 5.41) is 13.7. The second-order valence-electron chi connectivity index (χ2n) is 7.72. The summed E-state index contributed by atoms with van der Waals surface area (Å²) >= 11 is 0. The summed E-state index contributed by atoms with van der Waals surface area (Å²) in [6.07, 6.45) is 11.3. The highest BCUT2D eigenvalue weighted by atomic mass is 16.5. The zero-order valence-corrected chi connectivity index (χ0v) is 15.8. The molecule has 0 amide bonds. The monoisotopic (exact) mass is 374 g/mol. The van der Waals surface area contributed by atoms with Crippen molar-refractivity contribution >= 4 is 17.0 Å². The molecule has 0 bridgehead atoms. The van der Waals surface area contributed by atoms with Crippen molar-refractivity contribution in [1.29, 1.82) is 0 Å². The van der Waals surface area contributed by atoms with Crippen molar-refractivity contribution < 1.29 is 9.84 Å². The minimum atomic E-state index is -0.434. The number of aliphatic hydroxyl groups excluding tert-OH is 1. The Bertz CT molecular complexity index is 709. The van der Waals surface area contributed by atoms with Crippen molar-refractivity contribution in [2.24, 2.45) is 0 Å². The summed E-state index contributed by atoms with van der Waals surface area (Å²) in [4.78, 5) is 18.2. The van der Waals surface area contributed by atoms with E-state index in [1.54, 1.807) is 12.7 Å². The molecule has 1 aliphatic heterocycles. The van der Waals surface area contributed by atoms with Gasteiger partial charge in [0.2, 0.25) is 0 Å². The van der Waals surface area contributed by atoms with E-state index in [4.69, 9.17) is 4.74 Å². The lowest BCUT2D eigenvalue weighted by molar-refractivity contribution is -0.0237. The summed E-state index contributed by atoms with van der Waals surface area (Å²) in [5.41, 5.74) is 1.61. The second kappa shape index (κ2) is 8.95. The third kappa shape index (κ3) is 4.75. The Balaban J connectivity index is 1.19. The van der Waals surface area contributed by atoms with E-state index in [9.17, 15) is 5.11 Å². The van der Waals surface area contributed by atoms with Gasteiger partial charge in [-0.25, -0.2) is 15.0 Å². The maximum Gasteiger partial charge on any atom is 0.182 e. The molecular formula is C19H30N6O2. The van der Waals surface area contributed by atoms with E-state index >= 15 is 0 Å². The van der Waals surface area contributed by atoms with Gasteiger partial charge in [0.1, 0.15) is 11.8 Å². The van der Waals surface area contributed by atoms with E-state index < -0.39 is 6.10 Å². The number of aliphatic hydroxyl groups is 1. The fourth-order valence-corrected chi connectivity index (χ4v) is 4.13. The third-order valence-corrected chi connectivity index (χ3v) is 5.72. The molecule has 27 heavy (non-hydrogen) atoms. The number of anilines is 1. The molecule has 1 aliphatic carbocycles. The van der Waals surface area contributed by atoms with Crippen LogP contribution in [0.3, 0.4) is 0 Å². The van der Waals surface area contributed by atoms with Crippen molar-refractivity contribution in [2.75, 3.05) is 31.1 Å². The molecule has 1 unspecified atom stereocenters. The minimum Gasteiger partial charge on any atom is -0.389 e. The van der Waals surface area contributed by atoms with Gasteiger partial charge >= 0.3 is 0 Å². The predicted octanol–water partition coefficient (Wildman–Crippen LogP) is 1.62. The van der Waals surface area contributed by atoms with Gasteiger partial charge in [0, 0.05) is 25.7 Å². The fraction of sp³-hybridized carbons (Fsp3) is 0.737. The maximum atomic E-state index is 10.2. The largest absolute Gasteiger partial charge is 0.389 e. The molecule has 0 spiro atoms. The number of H-pyrrole nitrogens is 1. The van der Waals surface area contributed by atoms with Gasteiger partial charge in [-0.3, -0.25) is 0 Å². The van der Waals surface area contributed by atoms with Crippen LogP contribution in [0.2, 0.25) is 0 Å². The summed E-state index contributed by atoms with van der Waals surface area (Å²) < 4.78 is 5.87. The molecule has 3 N–H and O–H groups in total. The Morgan fingerprint density at radius 3 is 2.78 bits per heavy atom. The standard InChI is InChI=1S/C19H30N6O2/c26-15(11-27-16-4-2-1-3-5-16)10-20-14-6-8-25(9-7-14)19-17-18(22-12-21-17)23-13-24-19/h12-16,20,26H,1-11H2,(H,21,22,23,24). The number of imidazole rings is 1. The van der Waals surface area contributed by atoms with Gasteiger partial charge in [-0.15, -0.1) is 0 Å². The van der Waals surface area contributed by atoms with Crippen LogP contribution in [-0.2, 0) is 4.74 Å². The van der Waals surface area contributed by atoms with Gasteiger partial charge < -0.3 is 25.0 Å². The molecule has 2 fully saturated rings. The molecule has 8 nitrogen and oxygen atoms in total. The SMILES string of the molecule is OC(CNC1CCN(c2ncnc3nc[nH]c23)CC1)COC1CCCCC1. The first-order chi connectivity index (χ1) is 13.3. The van der Waals surface area contributed by atoms with Crippen molar-refractivity contribution in [3.63, 3.8) is 0 Å². The Labute approximate surface area is 159 Å². The van der Waals surface area contributed by atoms with Crippen LogP contribution in [0.25, 0.3) is 11.2 Å². The lowest BCUT2D eigenvalue weighted by atomic mass is 9.98. The summed E-state index contributed by atoms with van der Waals surface area (Å²) in [6, 6.07) is 0.421. The topological polar surface area (TPSA) is 99.2 Å². The van der Waals surface area contributed by atoms with E-state index in [0.717, 1.165) is 50.1 Å². The molecule has 1 atom stereocenters. The Hall–Kier alpha value is -1.77. The molecule has 148 valence electrons. The quantitative estimate of drug-likeness (QED) is 0.677. The van der Waals surface area contributed by atoms with E-state index in [-0.39, 0.29) is 0 Å². The zero-order valence-electron chi connectivity index (χ0n) is 15.8. The van der Waals surface area contributed by atoms with Crippen molar-refractivity contribution in [1.82, 2.24) is 25.3 Å². The second-order valence-corrected chi connectivity index (χ2v) is 7.72. The van der Waals surface area contributed by atoms with Gasteiger partial charge in [0.25, 0.3) is 0 Å². The predicted molar refractivity (Wildman–Crippen MR) is 104 cm³/mol. The molecule has 1 saturated heterocycles. The highest BCUT2D eigenvalue weighted by molar-refractivity contribution is 5.82. The molecule has 8 heteroatoms. The summed E-state index contributed by atoms with van der Waals surface area (Å²) in [5.74, 6) is 0.928. The fourth-order valence-electron chi connectivity index (χ4n) is 4.13. The number of nitrogens with one attached hydrogen (secondary N) is 2. The number of piperidine rings is 1. The lowest BCUT2D eigenvalue weighted by Gasteiger charge is -2.33. The van der Waals surface area contributed by atoms with Gasteiger partial charge in [0.05, 0.1) is 25.1 Å². The van der Waals surface area contributed by atoms with Crippen molar-refractivity contribution in [2.45, 2.75) is 63.2 Å². The number of hydrogen-bond donors (Lipinski definition) is 3. The van der Waals surface area contributed by atoms with Crippen LogP contribution >= 0.6 is 0 Å². The van der Waals surface area contributed by atoms with Crippen LogP contribution in [0.1, 0.15) is 44.9 Å². The minimum absolute atomic E-state index is 0.351. The van der Waals surface area contributed by atoms with E-state index in [1.165, 1.54) is 19.3 Å². The van der Waals surface area contributed by atoms with E-state index in [2.05, 4.69) is 30.2 Å². The van der Waals surface area contributed by atoms with Gasteiger partial charge in [-0.2, -0.15) is 0 Å². The number of nitrogens with zero attached hydrogens (tertiary/aromatic N) is 4. The smallest absolute Gasteiger partial charge is 0.182 e. The maximum absolute atomic E-state index is 10.2. The van der Waals surface area contributed by atoms with Crippen LogP contribution in [-0.4, -0.2) is 69.5 Å². The average Bonchev–Trinajstić information content (AvgIpc) is 3.21. The molecule has 4 rings (SSSR count). The lowest BCUT2D eigenvalue weighted by Crippen LogP contribution is -2.45. The molecular weight excluding hydrogens is 344 g/mol. The van der Waals surface area contributed by atoms with E-state index in [1.807, 2.05) is 0 Å². The zero-order chi connectivity index (χ0) is 18.5. The Morgan fingerprint density at radius 2 is 1.96 bits per heavy atom. The molecule has 0 radical (unpaired) electrons. The van der Waals surface area contributed by atoms with Crippen LogP contribution in [0.4, 0.5) is 5.82 Å². The first kappa shape index (κ1) is 18.6. The third-order valence-electron chi connectivity index (χ3n) is 5.72. The summed E-state index contributed by atoms with van der Waals surface area (Å²) in [7, 11) is 0. The molecule has 2 aromatic rings. The number of rotatable bonds is 7. The normalized spacial score (nSPS) is 21.0. The molecule has 0 aromatic carbocycles. The highest BCUT2D eigenvalue weighted by Gasteiger charge is 2.23. The van der Waals surface area contributed by atoms with Crippen LogP contribution in [0.5, 0.6) is 0 Å². The van der Waals surface area contributed by atoms with Crippen molar-refractivity contribution in [3.05, 3.63) is 12.7 Å². The Kier molecular flexibility index (Phi) is 6.16. The van der Waals surface area contributed by atoms with Gasteiger partial charge in [0.15, 0.2) is 11.5 Å². The van der Waals surface area contributed by atoms with Crippen LogP contribution in [0.15, 0.2) is 12.7 Å².